The second-order valence-corrected chi connectivity index (χ2v) is 6.25. The van der Waals surface area contributed by atoms with E-state index in [0.29, 0.717) is 17.4 Å². The molecule has 2 aromatic rings. The van der Waals surface area contributed by atoms with Gasteiger partial charge in [-0.05, 0) is 13.0 Å². The van der Waals surface area contributed by atoms with Gasteiger partial charge in [0.25, 0.3) is 5.69 Å². The van der Waals surface area contributed by atoms with Crippen molar-refractivity contribution in [3.05, 3.63) is 47.3 Å². The van der Waals surface area contributed by atoms with Crippen LogP contribution >= 0.6 is 11.8 Å². The minimum atomic E-state index is -0.529. The Morgan fingerprint density at radius 3 is 3.00 bits per heavy atom. The Labute approximate surface area is 148 Å². The third-order valence-corrected chi connectivity index (χ3v) is 4.31. The standard InChI is InChI=1S/C15H17N5O4S/c1-4-7-19-9-16-18-15(19)25-10(2)14(21)17-12-6-5-11(20(22)23)8-13(12)24-3/h4-6,8-10H,1,7H2,2-3H3,(H,17,21)/t10-/m1/s1. The molecular weight excluding hydrogens is 346 g/mol. The first-order valence-corrected chi connectivity index (χ1v) is 8.13. The zero-order chi connectivity index (χ0) is 18.4. The summed E-state index contributed by atoms with van der Waals surface area (Å²) in [5.74, 6) is -0.0696. The van der Waals surface area contributed by atoms with Gasteiger partial charge in [0.1, 0.15) is 12.1 Å². The third kappa shape index (κ3) is 4.57. The number of non-ortho nitro benzene ring substituents is 1. The van der Waals surface area contributed by atoms with E-state index in [1.54, 1.807) is 23.9 Å². The zero-order valence-corrected chi connectivity index (χ0v) is 14.5. The fraction of sp³-hybridized carbons (Fsp3) is 0.267. The first-order chi connectivity index (χ1) is 12.0. The molecular formula is C15H17N5O4S. The molecule has 1 heterocycles. The summed E-state index contributed by atoms with van der Waals surface area (Å²) in [5, 5.41) is 21.4. The molecule has 0 fully saturated rings. The van der Waals surface area contributed by atoms with Crippen molar-refractivity contribution < 1.29 is 14.5 Å². The second-order valence-electron chi connectivity index (χ2n) is 4.95. The maximum Gasteiger partial charge on any atom is 0.273 e. The molecule has 0 aliphatic rings. The van der Waals surface area contributed by atoms with Crippen molar-refractivity contribution in [1.29, 1.82) is 0 Å². The Balaban J connectivity index is 2.09. The summed E-state index contributed by atoms with van der Waals surface area (Å²) < 4.78 is 6.88. The average molecular weight is 363 g/mol. The van der Waals surface area contributed by atoms with Crippen LogP contribution < -0.4 is 10.1 Å². The Bertz CT molecular complexity index is 792. The normalized spacial score (nSPS) is 11.6. The van der Waals surface area contributed by atoms with Crippen LogP contribution in [0.15, 0.2) is 42.3 Å². The van der Waals surface area contributed by atoms with Gasteiger partial charge < -0.3 is 14.6 Å². The lowest BCUT2D eigenvalue weighted by Gasteiger charge is -2.14. The number of rotatable bonds is 8. The highest BCUT2D eigenvalue weighted by molar-refractivity contribution is 8.00. The molecule has 0 saturated carbocycles. The van der Waals surface area contributed by atoms with E-state index in [1.807, 2.05) is 0 Å². The maximum absolute atomic E-state index is 12.4. The summed E-state index contributed by atoms with van der Waals surface area (Å²) in [6, 6.07) is 4.00. The molecule has 132 valence electrons. The van der Waals surface area contributed by atoms with Gasteiger partial charge in [-0.25, -0.2) is 0 Å². The molecule has 0 aliphatic heterocycles. The van der Waals surface area contributed by atoms with E-state index in [-0.39, 0.29) is 17.3 Å². The number of anilines is 1. The number of allylic oxidation sites excluding steroid dienone is 1. The van der Waals surface area contributed by atoms with Gasteiger partial charge in [0.15, 0.2) is 5.16 Å². The predicted octanol–water partition coefficient (Wildman–Crippen LogP) is 2.50. The van der Waals surface area contributed by atoms with Gasteiger partial charge in [-0.3, -0.25) is 14.9 Å². The van der Waals surface area contributed by atoms with Gasteiger partial charge >= 0.3 is 0 Å². The summed E-state index contributed by atoms with van der Waals surface area (Å²) in [6.07, 6.45) is 3.27. The number of benzene rings is 1. The number of ether oxygens (including phenoxy) is 1. The third-order valence-electron chi connectivity index (χ3n) is 3.21. The number of nitrogens with one attached hydrogen (secondary N) is 1. The molecule has 1 amide bonds. The first-order valence-electron chi connectivity index (χ1n) is 7.25. The average Bonchev–Trinajstić information content (AvgIpc) is 3.02. The van der Waals surface area contributed by atoms with Crippen molar-refractivity contribution in [2.24, 2.45) is 0 Å². The number of amides is 1. The minimum Gasteiger partial charge on any atom is -0.494 e. The number of nitro groups is 1. The van der Waals surface area contributed by atoms with Crippen molar-refractivity contribution in [3.63, 3.8) is 0 Å². The zero-order valence-electron chi connectivity index (χ0n) is 13.7. The molecule has 1 aromatic carbocycles. The van der Waals surface area contributed by atoms with E-state index < -0.39 is 10.2 Å². The summed E-state index contributed by atoms with van der Waals surface area (Å²) in [7, 11) is 1.38. The number of hydrogen-bond donors (Lipinski definition) is 1. The van der Waals surface area contributed by atoms with Crippen LogP contribution in [0.5, 0.6) is 5.75 Å². The molecule has 1 atom stereocenters. The van der Waals surface area contributed by atoms with E-state index in [2.05, 4.69) is 22.1 Å². The molecule has 9 nitrogen and oxygen atoms in total. The molecule has 0 spiro atoms. The Kier molecular flexibility index (Phi) is 6.12. The minimum absolute atomic E-state index is 0.116. The van der Waals surface area contributed by atoms with Crippen molar-refractivity contribution in [2.45, 2.75) is 23.9 Å². The second kappa shape index (κ2) is 8.29. The van der Waals surface area contributed by atoms with E-state index >= 15 is 0 Å². The van der Waals surface area contributed by atoms with Crippen molar-refractivity contribution in [2.75, 3.05) is 12.4 Å². The Hall–Kier alpha value is -2.88. The molecule has 1 aromatic heterocycles. The fourth-order valence-electron chi connectivity index (χ4n) is 1.94. The number of nitrogens with zero attached hydrogens (tertiary/aromatic N) is 4. The summed E-state index contributed by atoms with van der Waals surface area (Å²) in [5.41, 5.74) is 0.243. The van der Waals surface area contributed by atoms with Crippen LogP contribution in [0.2, 0.25) is 0 Å². The summed E-state index contributed by atoms with van der Waals surface area (Å²) >= 11 is 1.25. The molecule has 1 N–H and O–H groups in total. The van der Waals surface area contributed by atoms with Crippen molar-refractivity contribution in [3.8, 4) is 5.75 Å². The van der Waals surface area contributed by atoms with E-state index in [4.69, 9.17) is 4.74 Å². The number of carbonyl (C=O) groups is 1. The largest absolute Gasteiger partial charge is 0.494 e. The lowest BCUT2D eigenvalue weighted by molar-refractivity contribution is -0.384. The smallest absolute Gasteiger partial charge is 0.273 e. The Morgan fingerprint density at radius 2 is 2.36 bits per heavy atom. The molecule has 0 radical (unpaired) electrons. The van der Waals surface area contributed by atoms with Gasteiger partial charge in [0.05, 0.1) is 29.0 Å². The van der Waals surface area contributed by atoms with Crippen LogP contribution in [0.25, 0.3) is 0 Å². The van der Waals surface area contributed by atoms with Gasteiger partial charge in [-0.15, -0.1) is 16.8 Å². The van der Waals surface area contributed by atoms with E-state index in [9.17, 15) is 14.9 Å². The van der Waals surface area contributed by atoms with Gasteiger partial charge in [0, 0.05) is 12.6 Å². The van der Waals surface area contributed by atoms with Crippen LogP contribution in [0.3, 0.4) is 0 Å². The van der Waals surface area contributed by atoms with Crippen LogP contribution in [-0.4, -0.2) is 38.0 Å². The fourth-order valence-corrected chi connectivity index (χ4v) is 2.78. The molecule has 0 saturated heterocycles. The lowest BCUT2D eigenvalue weighted by atomic mass is 10.2. The molecule has 2 rings (SSSR count). The van der Waals surface area contributed by atoms with Crippen LogP contribution in [0, 0.1) is 10.1 Å². The molecule has 0 unspecified atom stereocenters. The quantitative estimate of drug-likeness (QED) is 0.332. The molecule has 0 aliphatic carbocycles. The van der Waals surface area contributed by atoms with Crippen molar-refractivity contribution >= 4 is 29.0 Å². The number of methoxy groups -OCH3 is 1. The van der Waals surface area contributed by atoms with Crippen LogP contribution in [0.4, 0.5) is 11.4 Å². The predicted molar refractivity (Wildman–Crippen MR) is 93.8 cm³/mol. The molecule has 25 heavy (non-hydrogen) atoms. The molecule has 0 bridgehead atoms. The lowest BCUT2D eigenvalue weighted by Crippen LogP contribution is -2.23. The van der Waals surface area contributed by atoms with Gasteiger partial charge in [-0.2, -0.15) is 0 Å². The van der Waals surface area contributed by atoms with E-state index in [1.165, 1.54) is 37.1 Å². The first kappa shape index (κ1) is 18.5. The topological polar surface area (TPSA) is 112 Å². The van der Waals surface area contributed by atoms with Gasteiger partial charge in [-0.1, -0.05) is 17.8 Å². The SMILES string of the molecule is C=CCn1cnnc1S[C@H](C)C(=O)Nc1ccc([N+](=O)[O-])cc1OC. The highest BCUT2D eigenvalue weighted by atomic mass is 32.2. The maximum atomic E-state index is 12.4. The highest BCUT2D eigenvalue weighted by Crippen LogP contribution is 2.30. The number of thioether (sulfide) groups is 1. The van der Waals surface area contributed by atoms with Crippen molar-refractivity contribution in [1.82, 2.24) is 14.8 Å². The Morgan fingerprint density at radius 1 is 1.60 bits per heavy atom. The monoisotopic (exact) mass is 363 g/mol. The number of aromatic nitrogens is 3. The number of nitro benzene ring substituents is 1. The molecule has 10 heteroatoms. The number of hydrogen-bond acceptors (Lipinski definition) is 7. The van der Waals surface area contributed by atoms with E-state index in [0.717, 1.165) is 0 Å². The van der Waals surface area contributed by atoms with Gasteiger partial charge in [0.2, 0.25) is 5.91 Å². The number of carbonyl (C=O) groups excluding carboxylic acids is 1. The highest BCUT2D eigenvalue weighted by Gasteiger charge is 2.20. The van der Waals surface area contributed by atoms with Crippen LogP contribution in [-0.2, 0) is 11.3 Å². The summed E-state index contributed by atoms with van der Waals surface area (Å²) in [6.45, 7) is 5.93. The van der Waals surface area contributed by atoms with Crippen LogP contribution in [0.1, 0.15) is 6.92 Å². The summed E-state index contributed by atoms with van der Waals surface area (Å²) in [4.78, 5) is 22.7.